The highest BCUT2D eigenvalue weighted by Gasteiger charge is 2.32. The Morgan fingerprint density at radius 1 is 1.46 bits per heavy atom. The first-order chi connectivity index (χ1) is 6.08. The lowest BCUT2D eigenvalue weighted by molar-refractivity contribution is 0.250. The molecule has 0 N–H and O–H groups in total. The van der Waals surface area contributed by atoms with Gasteiger partial charge in [-0.05, 0) is 37.0 Å². The monoisotopic (exact) mass is 180 g/mol. The molecule has 1 atom stereocenters. The molecule has 1 nitrogen and oxygen atoms in total. The predicted octanol–water partition coefficient (Wildman–Crippen LogP) is 3.37. The molecule has 1 saturated carbocycles. The molecule has 1 aliphatic rings. The molecular weight excluding hydrogens is 160 g/mol. The zero-order chi connectivity index (χ0) is 9.90. The highest BCUT2D eigenvalue weighted by Crippen LogP contribution is 2.43. The van der Waals surface area contributed by atoms with Crippen LogP contribution in [-0.4, -0.2) is 5.94 Å². The third-order valence-corrected chi connectivity index (χ3v) is 3.12. The molecule has 0 saturated heterocycles. The van der Waals surface area contributed by atoms with E-state index in [1.807, 2.05) is 0 Å². The summed E-state index contributed by atoms with van der Waals surface area (Å²) in [4.78, 5) is 10.8. The van der Waals surface area contributed by atoms with Gasteiger partial charge in [-0.3, -0.25) is 0 Å². The van der Waals surface area contributed by atoms with Crippen LogP contribution < -0.4 is 0 Å². The number of carbonyl (C=O) groups excluding carboxylic acids is 1. The standard InChI is InChI=1S/C12H20O/c1-10(2)8-12(3)7-5-4-6-11(12)9-13/h10H,4-8H2,1-3H3. The first kappa shape index (κ1) is 10.5. The molecular formula is C12H20O. The van der Waals surface area contributed by atoms with Gasteiger partial charge in [-0.2, -0.15) is 0 Å². The van der Waals surface area contributed by atoms with Gasteiger partial charge in [-0.25, -0.2) is 4.79 Å². The lowest BCUT2D eigenvalue weighted by atomic mass is 9.68. The van der Waals surface area contributed by atoms with E-state index in [0.717, 1.165) is 18.4 Å². The van der Waals surface area contributed by atoms with E-state index in [1.165, 1.54) is 19.3 Å². The Morgan fingerprint density at radius 3 is 2.69 bits per heavy atom. The van der Waals surface area contributed by atoms with Crippen molar-refractivity contribution in [2.75, 3.05) is 0 Å². The van der Waals surface area contributed by atoms with Crippen LogP contribution in [0.1, 0.15) is 52.9 Å². The summed E-state index contributed by atoms with van der Waals surface area (Å²) in [6.07, 6.45) is 5.74. The van der Waals surface area contributed by atoms with Crippen molar-refractivity contribution < 1.29 is 4.79 Å². The minimum absolute atomic E-state index is 0.161. The Labute approximate surface area is 81.2 Å². The molecule has 13 heavy (non-hydrogen) atoms. The maximum atomic E-state index is 10.8. The van der Waals surface area contributed by atoms with Gasteiger partial charge in [0.2, 0.25) is 0 Å². The first-order valence-electron chi connectivity index (χ1n) is 5.33. The van der Waals surface area contributed by atoms with Gasteiger partial charge >= 0.3 is 0 Å². The lowest BCUT2D eigenvalue weighted by Crippen LogP contribution is -2.25. The summed E-state index contributed by atoms with van der Waals surface area (Å²) in [6.45, 7) is 6.68. The van der Waals surface area contributed by atoms with Gasteiger partial charge in [0.1, 0.15) is 5.94 Å². The number of hydrogen-bond acceptors (Lipinski definition) is 1. The van der Waals surface area contributed by atoms with Crippen molar-refractivity contribution in [1.82, 2.24) is 0 Å². The van der Waals surface area contributed by atoms with Crippen molar-refractivity contribution in [3.8, 4) is 0 Å². The Balaban J connectivity index is 2.77. The summed E-state index contributed by atoms with van der Waals surface area (Å²) in [5.41, 5.74) is 1.20. The number of hydrogen-bond donors (Lipinski definition) is 0. The molecule has 0 aromatic rings. The SMILES string of the molecule is CC(C)CC1(C)CCCCC1=C=O. The van der Waals surface area contributed by atoms with Crippen LogP contribution in [0.5, 0.6) is 0 Å². The van der Waals surface area contributed by atoms with E-state index in [-0.39, 0.29) is 5.41 Å². The largest absolute Gasteiger partial charge is 0.234 e. The van der Waals surface area contributed by atoms with Crippen LogP contribution in [0.4, 0.5) is 0 Å². The Morgan fingerprint density at radius 2 is 2.15 bits per heavy atom. The highest BCUT2D eigenvalue weighted by atomic mass is 16.1. The van der Waals surface area contributed by atoms with Crippen molar-refractivity contribution in [3.63, 3.8) is 0 Å². The van der Waals surface area contributed by atoms with E-state index in [2.05, 4.69) is 26.7 Å². The predicted molar refractivity (Wildman–Crippen MR) is 55.2 cm³/mol. The molecule has 0 bridgehead atoms. The second-order valence-electron chi connectivity index (χ2n) is 4.95. The van der Waals surface area contributed by atoms with Crippen LogP contribution in [0.25, 0.3) is 0 Å². The first-order valence-corrected chi connectivity index (χ1v) is 5.33. The fraction of sp³-hybridized carbons (Fsp3) is 0.833. The average Bonchev–Trinajstić information content (AvgIpc) is 2.03. The fourth-order valence-electron chi connectivity index (χ4n) is 2.57. The van der Waals surface area contributed by atoms with Crippen molar-refractivity contribution >= 4 is 5.94 Å². The summed E-state index contributed by atoms with van der Waals surface area (Å²) < 4.78 is 0. The Kier molecular flexibility index (Phi) is 3.33. The van der Waals surface area contributed by atoms with Crippen molar-refractivity contribution in [3.05, 3.63) is 5.57 Å². The molecule has 0 spiro atoms. The van der Waals surface area contributed by atoms with Crippen molar-refractivity contribution in [2.45, 2.75) is 52.9 Å². The second kappa shape index (κ2) is 4.11. The van der Waals surface area contributed by atoms with Crippen LogP contribution >= 0.6 is 0 Å². The van der Waals surface area contributed by atoms with E-state index < -0.39 is 0 Å². The summed E-state index contributed by atoms with van der Waals surface area (Å²) in [7, 11) is 0. The molecule has 1 rings (SSSR count). The third-order valence-electron chi connectivity index (χ3n) is 3.12. The minimum atomic E-state index is 0.161. The van der Waals surface area contributed by atoms with Crippen molar-refractivity contribution in [2.24, 2.45) is 11.3 Å². The maximum absolute atomic E-state index is 10.8. The topological polar surface area (TPSA) is 17.1 Å². The van der Waals surface area contributed by atoms with Gasteiger partial charge in [0.15, 0.2) is 0 Å². The van der Waals surface area contributed by atoms with E-state index >= 15 is 0 Å². The zero-order valence-electron chi connectivity index (χ0n) is 9.02. The molecule has 1 aliphatic carbocycles. The summed E-state index contributed by atoms with van der Waals surface area (Å²) in [6, 6.07) is 0. The Hall–Kier alpha value is -0.550. The number of allylic oxidation sites excluding steroid dienone is 1. The van der Waals surface area contributed by atoms with E-state index in [1.54, 1.807) is 0 Å². The van der Waals surface area contributed by atoms with E-state index in [0.29, 0.717) is 5.92 Å². The summed E-state index contributed by atoms with van der Waals surface area (Å²) >= 11 is 0. The van der Waals surface area contributed by atoms with Crippen LogP contribution in [0.3, 0.4) is 0 Å². The highest BCUT2D eigenvalue weighted by molar-refractivity contribution is 5.55. The molecule has 0 aromatic carbocycles. The van der Waals surface area contributed by atoms with Gasteiger partial charge in [0, 0.05) is 5.57 Å². The molecule has 74 valence electrons. The molecule has 0 amide bonds. The summed E-state index contributed by atoms with van der Waals surface area (Å²) in [5.74, 6) is 2.84. The van der Waals surface area contributed by atoms with Crippen molar-refractivity contribution in [1.29, 1.82) is 0 Å². The van der Waals surface area contributed by atoms with E-state index in [9.17, 15) is 4.79 Å². The van der Waals surface area contributed by atoms with Crippen LogP contribution in [0.15, 0.2) is 5.57 Å². The smallest absolute Gasteiger partial charge is 0.124 e. The van der Waals surface area contributed by atoms with Gasteiger partial charge in [-0.1, -0.05) is 27.2 Å². The van der Waals surface area contributed by atoms with Crippen LogP contribution in [0, 0.1) is 11.3 Å². The molecule has 0 radical (unpaired) electrons. The van der Waals surface area contributed by atoms with Gasteiger partial charge in [0.25, 0.3) is 0 Å². The lowest BCUT2D eigenvalue weighted by Gasteiger charge is -2.35. The number of rotatable bonds is 2. The van der Waals surface area contributed by atoms with E-state index in [4.69, 9.17) is 0 Å². The Bertz CT molecular complexity index is 223. The molecule has 0 heterocycles. The third kappa shape index (κ3) is 2.45. The molecule has 0 aliphatic heterocycles. The van der Waals surface area contributed by atoms with Gasteiger partial charge < -0.3 is 0 Å². The quantitative estimate of drug-likeness (QED) is 0.595. The molecule has 1 unspecified atom stereocenters. The van der Waals surface area contributed by atoms with Crippen LogP contribution in [-0.2, 0) is 4.79 Å². The molecule has 0 aromatic heterocycles. The second-order valence-corrected chi connectivity index (χ2v) is 4.95. The molecule has 1 heteroatoms. The average molecular weight is 180 g/mol. The zero-order valence-corrected chi connectivity index (χ0v) is 9.02. The van der Waals surface area contributed by atoms with Gasteiger partial charge in [0.05, 0.1) is 0 Å². The fourth-order valence-corrected chi connectivity index (χ4v) is 2.57. The van der Waals surface area contributed by atoms with Crippen LogP contribution in [0.2, 0.25) is 0 Å². The molecule has 1 fully saturated rings. The summed E-state index contributed by atoms with van der Waals surface area (Å²) in [5, 5.41) is 0. The maximum Gasteiger partial charge on any atom is 0.124 e. The van der Waals surface area contributed by atoms with Gasteiger partial charge in [-0.15, -0.1) is 0 Å². The normalized spacial score (nSPS) is 29.1. The minimum Gasteiger partial charge on any atom is -0.234 e.